The Kier molecular flexibility index (Phi) is 5.39. The van der Waals surface area contributed by atoms with Crippen LogP contribution in [-0.4, -0.2) is 25.1 Å². The molecular weight excluding hydrogens is 288 g/mol. The van der Waals surface area contributed by atoms with Crippen molar-refractivity contribution in [3.8, 4) is 0 Å². The monoisotopic (exact) mass is 312 g/mol. The van der Waals surface area contributed by atoms with Crippen molar-refractivity contribution < 1.29 is 13.2 Å². The number of nitrogens with two attached hydrogens (primary N) is 1. The summed E-state index contributed by atoms with van der Waals surface area (Å²) in [6.45, 7) is 6.94. The van der Waals surface area contributed by atoms with E-state index in [1.165, 1.54) is 0 Å². The first kappa shape index (κ1) is 17.5. The molecule has 0 aromatic heterocycles. The predicted molar refractivity (Wildman–Crippen MR) is 85.7 cm³/mol. The van der Waals surface area contributed by atoms with Gasteiger partial charge in [-0.15, -0.1) is 0 Å². The van der Waals surface area contributed by atoms with Gasteiger partial charge in [-0.1, -0.05) is 19.1 Å². The lowest BCUT2D eigenvalue weighted by atomic mass is 10.2. The molecule has 0 aliphatic rings. The molecule has 1 rings (SSSR count). The summed E-state index contributed by atoms with van der Waals surface area (Å²) in [6, 6.07) is 6.60. The zero-order valence-corrected chi connectivity index (χ0v) is 13.8. The average Bonchev–Trinajstić information content (AvgIpc) is 2.35. The highest BCUT2D eigenvalue weighted by Gasteiger charge is 2.28. The van der Waals surface area contributed by atoms with E-state index < -0.39 is 26.5 Å². The van der Waals surface area contributed by atoms with Crippen LogP contribution in [0.4, 0.5) is 5.69 Å². The van der Waals surface area contributed by atoms with Gasteiger partial charge in [0.2, 0.25) is 5.91 Å². The molecule has 0 aliphatic heterocycles. The Morgan fingerprint density at radius 2 is 1.76 bits per heavy atom. The molecule has 1 aromatic carbocycles. The Hall–Kier alpha value is -1.56. The van der Waals surface area contributed by atoms with Crippen molar-refractivity contribution in [2.45, 2.75) is 50.7 Å². The number of anilines is 1. The summed E-state index contributed by atoms with van der Waals surface area (Å²) in [5.41, 5.74) is 6.75. The Bertz CT molecular complexity index is 586. The maximum absolute atomic E-state index is 12.1. The highest BCUT2D eigenvalue weighted by Crippen LogP contribution is 2.21. The van der Waals surface area contributed by atoms with Crippen LogP contribution in [0.2, 0.25) is 0 Å². The van der Waals surface area contributed by atoms with Crippen molar-refractivity contribution in [1.82, 2.24) is 0 Å². The van der Waals surface area contributed by atoms with Gasteiger partial charge in [0.15, 0.2) is 9.84 Å². The fourth-order valence-corrected chi connectivity index (χ4v) is 2.77. The zero-order valence-electron chi connectivity index (χ0n) is 13.0. The van der Waals surface area contributed by atoms with Gasteiger partial charge in [0.25, 0.3) is 0 Å². The first-order chi connectivity index (χ1) is 9.56. The van der Waals surface area contributed by atoms with Crippen LogP contribution in [0.3, 0.4) is 0 Å². The molecule has 0 aliphatic carbocycles. The van der Waals surface area contributed by atoms with E-state index in [4.69, 9.17) is 5.73 Å². The van der Waals surface area contributed by atoms with Crippen molar-refractivity contribution in [3.05, 3.63) is 29.8 Å². The SMILES string of the molecule is CC[C@H](Nc1ccc(CS(=O)(=O)C(C)(C)C)cc1)C(N)=O. The minimum Gasteiger partial charge on any atom is -0.374 e. The molecule has 0 heterocycles. The number of nitrogens with one attached hydrogen (secondary N) is 1. The molecule has 0 saturated heterocycles. The van der Waals surface area contributed by atoms with Crippen molar-refractivity contribution in [1.29, 1.82) is 0 Å². The molecule has 0 fully saturated rings. The first-order valence-corrected chi connectivity index (χ1v) is 8.59. The highest BCUT2D eigenvalue weighted by atomic mass is 32.2. The van der Waals surface area contributed by atoms with Crippen LogP contribution < -0.4 is 11.1 Å². The van der Waals surface area contributed by atoms with Gasteiger partial charge in [-0.3, -0.25) is 4.79 Å². The molecule has 1 aromatic rings. The largest absolute Gasteiger partial charge is 0.374 e. The molecule has 0 unspecified atom stereocenters. The summed E-state index contributed by atoms with van der Waals surface area (Å²) in [6.07, 6.45) is 0.593. The van der Waals surface area contributed by atoms with Crippen LogP contribution in [-0.2, 0) is 20.4 Å². The molecule has 118 valence electrons. The Morgan fingerprint density at radius 1 is 1.24 bits per heavy atom. The summed E-state index contributed by atoms with van der Waals surface area (Å²) < 4.78 is 23.5. The van der Waals surface area contributed by atoms with Gasteiger partial charge >= 0.3 is 0 Å². The molecule has 5 nitrogen and oxygen atoms in total. The number of hydrogen-bond acceptors (Lipinski definition) is 4. The van der Waals surface area contributed by atoms with Crippen LogP contribution in [0.25, 0.3) is 0 Å². The molecule has 0 radical (unpaired) electrons. The number of benzene rings is 1. The number of amides is 1. The number of primary amides is 1. The second-order valence-corrected chi connectivity index (χ2v) is 8.82. The van der Waals surface area contributed by atoms with E-state index in [0.29, 0.717) is 6.42 Å². The average molecular weight is 312 g/mol. The Labute approximate surface area is 126 Å². The lowest BCUT2D eigenvalue weighted by Crippen LogP contribution is -2.34. The fourth-order valence-electron chi connectivity index (χ4n) is 1.71. The molecule has 6 heteroatoms. The summed E-state index contributed by atoms with van der Waals surface area (Å²) in [5.74, 6) is -0.402. The second kappa shape index (κ2) is 6.47. The van der Waals surface area contributed by atoms with E-state index in [0.717, 1.165) is 11.3 Å². The Morgan fingerprint density at radius 3 is 2.14 bits per heavy atom. The second-order valence-electron chi connectivity index (χ2n) is 6.08. The van der Waals surface area contributed by atoms with Crippen molar-refractivity contribution in [3.63, 3.8) is 0 Å². The summed E-state index contributed by atoms with van der Waals surface area (Å²) in [4.78, 5) is 11.2. The molecule has 21 heavy (non-hydrogen) atoms. The van der Waals surface area contributed by atoms with Gasteiger partial charge in [-0.25, -0.2) is 8.42 Å². The van der Waals surface area contributed by atoms with Crippen LogP contribution in [0.5, 0.6) is 0 Å². The zero-order chi connectivity index (χ0) is 16.3. The van der Waals surface area contributed by atoms with Crippen molar-refractivity contribution in [2.75, 3.05) is 5.32 Å². The Balaban J connectivity index is 2.82. The van der Waals surface area contributed by atoms with Crippen LogP contribution in [0, 0.1) is 0 Å². The quantitative estimate of drug-likeness (QED) is 0.841. The summed E-state index contributed by atoms with van der Waals surface area (Å²) in [7, 11) is -3.20. The minimum absolute atomic E-state index is 0.00378. The first-order valence-electron chi connectivity index (χ1n) is 6.94. The smallest absolute Gasteiger partial charge is 0.239 e. The topological polar surface area (TPSA) is 89.3 Å². The maximum atomic E-state index is 12.1. The molecule has 1 atom stereocenters. The van der Waals surface area contributed by atoms with Gasteiger partial charge in [-0.05, 0) is 44.9 Å². The van der Waals surface area contributed by atoms with E-state index in [2.05, 4.69) is 5.32 Å². The summed E-state index contributed by atoms with van der Waals surface area (Å²) >= 11 is 0. The van der Waals surface area contributed by atoms with Crippen molar-refractivity contribution >= 4 is 21.4 Å². The van der Waals surface area contributed by atoms with Crippen LogP contribution in [0.15, 0.2) is 24.3 Å². The van der Waals surface area contributed by atoms with Crippen LogP contribution >= 0.6 is 0 Å². The lowest BCUT2D eigenvalue weighted by Gasteiger charge is -2.19. The molecule has 0 spiro atoms. The number of rotatable bonds is 6. The van der Waals surface area contributed by atoms with E-state index in [-0.39, 0.29) is 5.75 Å². The third-order valence-electron chi connectivity index (χ3n) is 3.34. The third-order valence-corrected chi connectivity index (χ3v) is 5.92. The maximum Gasteiger partial charge on any atom is 0.239 e. The molecule has 0 saturated carbocycles. The number of hydrogen-bond donors (Lipinski definition) is 2. The normalized spacial score (nSPS) is 13.7. The van der Waals surface area contributed by atoms with E-state index in [1.807, 2.05) is 6.92 Å². The van der Waals surface area contributed by atoms with Crippen LogP contribution in [0.1, 0.15) is 39.7 Å². The highest BCUT2D eigenvalue weighted by molar-refractivity contribution is 7.91. The number of carbonyl (C=O) groups excluding carboxylic acids is 1. The number of carbonyl (C=O) groups is 1. The molecular formula is C15H24N2O3S. The third kappa shape index (κ3) is 4.74. The van der Waals surface area contributed by atoms with Crippen molar-refractivity contribution in [2.24, 2.45) is 5.73 Å². The van der Waals surface area contributed by atoms with Gasteiger partial charge in [0, 0.05) is 5.69 Å². The molecule has 3 N–H and O–H groups in total. The summed E-state index contributed by atoms with van der Waals surface area (Å²) in [5, 5.41) is 3.02. The van der Waals surface area contributed by atoms with Gasteiger partial charge in [-0.2, -0.15) is 0 Å². The predicted octanol–water partition coefficient (Wildman–Crippen LogP) is 2.08. The van der Waals surface area contributed by atoms with Gasteiger partial charge < -0.3 is 11.1 Å². The van der Waals surface area contributed by atoms with Gasteiger partial charge in [0.1, 0.15) is 6.04 Å². The standard InChI is InChI=1S/C15H24N2O3S/c1-5-13(14(16)18)17-12-8-6-11(7-9-12)10-21(19,20)15(2,3)4/h6-9,13,17H,5,10H2,1-4H3,(H2,16,18)/t13-/m0/s1. The van der Waals surface area contributed by atoms with E-state index >= 15 is 0 Å². The lowest BCUT2D eigenvalue weighted by molar-refractivity contribution is -0.118. The van der Waals surface area contributed by atoms with E-state index in [9.17, 15) is 13.2 Å². The fraction of sp³-hybridized carbons (Fsp3) is 0.533. The minimum atomic E-state index is -3.20. The van der Waals surface area contributed by atoms with Gasteiger partial charge in [0.05, 0.1) is 10.5 Å². The van der Waals surface area contributed by atoms with E-state index in [1.54, 1.807) is 45.0 Å². The number of sulfone groups is 1. The molecule has 1 amide bonds. The molecule has 0 bridgehead atoms.